The summed E-state index contributed by atoms with van der Waals surface area (Å²) >= 11 is 12.6. The van der Waals surface area contributed by atoms with Crippen LogP contribution < -0.4 is 0 Å². The third-order valence-electron chi connectivity index (χ3n) is 7.11. The standard InChI is InChI=1S/C27H31Cl2NO2/c1-4-14-27(3)16-23(20-6-5-7-22(29)15-20)25(19-10-12-21(28)13-11-19)30(26(27)32)24(17(2)31)18-8-9-18/h4-7,10-13,15,17-18,23-25,31H,1,8-9,14,16H2,2-3H3. The Morgan fingerprint density at radius 3 is 2.41 bits per heavy atom. The van der Waals surface area contributed by atoms with Crippen LogP contribution >= 0.6 is 23.2 Å². The van der Waals surface area contributed by atoms with E-state index in [1.165, 1.54) is 0 Å². The van der Waals surface area contributed by atoms with E-state index in [9.17, 15) is 9.90 Å². The lowest BCUT2D eigenvalue weighted by Gasteiger charge is -2.53. The van der Waals surface area contributed by atoms with Crippen LogP contribution in [-0.2, 0) is 4.79 Å². The molecule has 2 aromatic carbocycles. The number of aliphatic hydroxyl groups excluding tert-OH is 1. The Bertz CT molecular complexity index is 983. The van der Waals surface area contributed by atoms with E-state index in [1.807, 2.05) is 67.3 Å². The summed E-state index contributed by atoms with van der Waals surface area (Å²) in [5.74, 6) is 0.436. The molecule has 5 heteroatoms. The van der Waals surface area contributed by atoms with Gasteiger partial charge in [0.1, 0.15) is 0 Å². The number of allylic oxidation sites excluding steroid dienone is 1. The lowest BCUT2D eigenvalue weighted by Crippen LogP contribution is -2.58. The predicted molar refractivity (Wildman–Crippen MR) is 131 cm³/mol. The van der Waals surface area contributed by atoms with Crippen molar-refractivity contribution in [3.8, 4) is 0 Å². The molecule has 0 spiro atoms. The van der Waals surface area contributed by atoms with Crippen LogP contribution in [0.15, 0.2) is 61.2 Å². The fourth-order valence-corrected chi connectivity index (χ4v) is 5.83. The van der Waals surface area contributed by atoms with Gasteiger partial charge in [-0.05, 0) is 73.9 Å². The zero-order valence-electron chi connectivity index (χ0n) is 18.7. The molecule has 5 atom stereocenters. The second kappa shape index (κ2) is 9.21. The molecule has 1 N–H and O–H groups in total. The van der Waals surface area contributed by atoms with Gasteiger partial charge in [-0.25, -0.2) is 0 Å². The van der Waals surface area contributed by atoms with E-state index in [0.29, 0.717) is 28.8 Å². The van der Waals surface area contributed by atoms with Crippen LogP contribution in [0, 0.1) is 11.3 Å². The van der Waals surface area contributed by atoms with Crippen LogP contribution in [0.5, 0.6) is 0 Å². The monoisotopic (exact) mass is 471 g/mol. The smallest absolute Gasteiger partial charge is 0.229 e. The zero-order chi connectivity index (χ0) is 23.0. The van der Waals surface area contributed by atoms with Crippen LogP contribution in [0.2, 0.25) is 10.0 Å². The van der Waals surface area contributed by atoms with E-state index < -0.39 is 11.5 Å². The van der Waals surface area contributed by atoms with Gasteiger partial charge in [0.2, 0.25) is 5.91 Å². The van der Waals surface area contributed by atoms with Crippen molar-refractivity contribution in [2.45, 2.75) is 63.6 Å². The first-order valence-electron chi connectivity index (χ1n) is 11.4. The van der Waals surface area contributed by atoms with Crippen molar-refractivity contribution in [2.75, 3.05) is 0 Å². The summed E-state index contributed by atoms with van der Waals surface area (Å²) in [7, 11) is 0. The lowest BCUT2D eigenvalue weighted by molar-refractivity contribution is -0.159. The molecule has 3 nitrogen and oxygen atoms in total. The van der Waals surface area contributed by atoms with E-state index in [4.69, 9.17) is 23.2 Å². The average molecular weight is 472 g/mol. The maximum Gasteiger partial charge on any atom is 0.229 e. The van der Waals surface area contributed by atoms with Crippen molar-refractivity contribution in [1.29, 1.82) is 0 Å². The molecule has 0 aromatic heterocycles. The highest BCUT2D eigenvalue weighted by atomic mass is 35.5. The second-order valence-electron chi connectivity index (χ2n) is 9.70. The molecule has 1 heterocycles. The van der Waals surface area contributed by atoms with E-state index in [1.54, 1.807) is 0 Å². The van der Waals surface area contributed by atoms with Gasteiger partial charge in [-0.1, -0.05) is 60.5 Å². The average Bonchev–Trinajstić information content (AvgIpc) is 3.57. The molecule has 1 aliphatic carbocycles. The second-order valence-corrected chi connectivity index (χ2v) is 10.6. The molecule has 1 aliphatic heterocycles. The summed E-state index contributed by atoms with van der Waals surface area (Å²) < 4.78 is 0. The van der Waals surface area contributed by atoms with Crippen molar-refractivity contribution in [3.05, 3.63) is 82.4 Å². The van der Waals surface area contributed by atoms with Gasteiger partial charge in [0.25, 0.3) is 0 Å². The fourth-order valence-electron chi connectivity index (χ4n) is 5.51. The van der Waals surface area contributed by atoms with Gasteiger partial charge in [-0.3, -0.25) is 4.79 Å². The molecule has 4 rings (SSSR count). The Hall–Kier alpha value is -1.81. The molecule has 5 unspecified atom stereocenters. The van der Waals surface area contributed by atoms with Crippen LogP contribution in [0.1, 0.15) is 62.6 Å². The van der Waals surface area contributed by atoms with Gasteiger partial charge in [-0.2, -0.15) is 0 Å². The van der Waals surface area contributed by atoms with Crippen molar-refractivity contribution >= 4 is 29.1 Å². The minimum atomic E-state index is -0.618. The van der Waals surface area contributed by atoms with E-state index in [2.05, 4.69) is 12.6 Å². The number of hydrogen-bond donors (Lipinski definition) is 1. The Kier molecular flexibility index (Phi) is 6.72. The summed E-state index contributed by atoms with van der Waals surface area (Å²) in [6.45, 7) is 7.77. The first-order chi connectivity index (χ1) is 15.2. The van der Waals surface area contributed by atoms with Crippen LogP contribution in [0.4, 0.5) is 0 Å². The number of aliphatic hydroxyl groups is 1. The highest BCUT2D eigenvalue weighted by Gasteiger charge is 2.54. The van der Waals surface area contributed by atoms with Gasteiger partial charge in [0, 0.05) is 16.0 Å². The first kappa shape index (κ1) is 23.4. The Morgan fingerprint density at radius 2 is 1.84 bits per heavy atom. The number of hydrogen-bond acceptors (Lipinski definition) is 2. The molecule has 2 aromatic rings. The molecule has 2 fully saturated rings. The summed E-state index contributed by atoms with van der Waals surface area (Å²) in [4.78, 5) is 16.1. The Balaban J connectivity index is 1.91. The number of halogens is 2. The van der Waals surface area contributed by atoms with E-state index in [-0.39, 0.29) is 23.9 Å². The third kappa shape index (κ3) is 4.48. The molecule has 1 saturated carbocycles. The molecule has 170 valence electrons. The van der Waals surface area contributed by atoms with Crippen LogP contribution in [0.3, 0.4) is 0 Å². The van der Waals surface area contributed by atoms with Crippen LogP contribution in [0.25, 0.3) is 0 Å². The van der Waals surface area contributed by atoms with Crippen LogP contribution in [-0.4, -0.2) is 28.1 Å². The minimum absolute atomic E-state index is 0.0255. The number of carbonyl (C=O) groups excluding carboxylic acids is 1. The van der Waals surface area contributed by atoms with Crippen molar-refractivity contribution in [2.24, 2.45) is 11.3 Å². The molecular weight excluding hydrogens is 441 g/mol. The highest BCUT2D eigenvalue weighted by Crippen LogP contribution is 2.54. The molecule has 0 bridgehead atoms. The number of piperidine rings is 1. The summed E-state index contributed by atoms with van der Waals surface area (Å²) in [6.07, 6.45) is 4.55. The number of nitrogens with zero attached hydrogens (tertiary/aromatic N) is 1. The molecule has 32 heavy (non-hydrogen) atoms. The van der Waals surface area contributed by atoms with Gasteiger partial charge in [-0.15, -0.1) is 6.58 Å². The van der Waals surface area contributed by atoms with E-state index in [0.717, 1.165) is 24.0 Å². The van der Waals surface area contributed by atoms with Gasteiger partial charge in [0.15, 0.2) is 0 Å². The number of amides is 1. The molecule has 1 saturated heterocycles. The van der Waals surface area contributed by atoms with Crippen molar-refractivity contribution < 1.29 is 9.90 Å². The summed E-state index contributed by atoms with van der Waals surface area (Å²) in [5, 5.41) is 12.2. The molecule has 1 amide bonds. The Morgan fingerprint density at radius 1 is 1.16 bits per heavy atom. The van der Waals surface area contributed by atoms with Gasteiger partial charge in [0.05, 0.1) is 23.6 Å². The van der Waals surface area contributed by atoms with Crippen molar-refractivity contribution in [1.82, 2.24) is 4.90 Å². The maximum atomic E-state index is 14.1. The highest BCUT2D eigenvalue weighted by molar-refractivity contribution is 6.30. The Labute approximate surface area is 201 Å². The number of likely N-dealkylation sites (tertiary alicyclic amines) is 1. The normalized spacial score (nSPS) is 27.8. The number of benzene rings is 2. The third-order valence-corrected chi connectivity index (χ3v) is 7.59. The quantitative estimate of drug-likeness (QED) is 0.451. The zero-order valence-corrected chi connectivity index (χ0v) is 20.2. The maximum absolute atomic E-state index is 14.1. The SMILES string of the molecule is C=CCC1(C)CC(c2cccc(Cl)c2)C(c2ccc(Cl)cc2)N(C(C(C)O)C2CC2)C1=O. The number of rotatable bonds is 7. The first-order valence-corrected chi connectivity index (χ1v) is 12.1. The van der Waals surface area contributed by atoms with Crippen molar-refractivity contribution in [3.63, 3.8) is 0 Å². The molecule has 2 aliphatic rings. The lowest BCUT2D eigenvalue weighted by atomic mass is 9.66. The van der Waals surface area contributed by atoms with Gasteiger partial charge >= 0.3 is 0 Å². The topological polar surface area (TPSA) is 40.5 Å². The fraction of sp³-hybridized carbons (Fsp3) is 0.444. The molecule has 0 radical (unpaired) electrons. The number of carbonyl (C=O) groups is 1. The predicted octanol–water partition coefficient (Wildman–Crippen LogP) is 6.79. The van der Waals surface area contributed by atoms with E-state index >= 15 is 0 Å². The summed E-state index contributed by atoms with van der Waals surface area (Å²) in [5.41, 5.74) is 1.53. The largest absolute Gasteiger partial charge is 0.391 e. The summed E-state index contributed by atoms with van der Waals surface area (Å²) in [6, 6.07) is 15.3. The minimum Gasteiger partial charge on any atom is -0.391 e. The molecular formula is C27H31Cl2NO2. The van der Waals surface area contributed by atoms with Gasteiger partial charge < -0.3 is 10.0 Å².